The monoisotopic (exact) mass is 309 g/mol. The SMILES string of the molecule is CC1CCC(n2c(SCC(=O)O)nnc2C2CC2)CC1C. The van der Waals surface area contributed by atoms with Crippen LogP contribution < -0.4 is 0 Å². The molecule has 2 fully saturated rings. The van der Waals surface area contributed by atoms with E-state index in [1.165, 1.54) is 31.0 Å². The number of thioether (sulfide) groups is 1. The number of carbonyl (C=O) groups is 1. The van der Waals surface area contributed by atoms with Gasteiger partial charge >= 0.3 is 5.97 Å². The zero-order chi connectivity index (χ0) is 15.0. The first-order chi connectivity index (χ1) is 10.1. The summed E-state index contributed by atoms with van der Waals surface area (Å²) in [4.78, 5) is 10.8. The van der Waals surface area contributed by atoms with Crippen molar-refractivity contribution in [2.75, 3.05) is 5.75 Å². The van der Waals surface area contributed by atoms with Crippen molar-refractivity contribution in [1.29, 1.82) is 0 Å². The smallest absolute Gasteiger partial charge is 0.313 e. The molecule has 1 aromatic rings. The van der Waals surface area contributed by atoms with Gasteiger partial charge in [0.15, 0.2) is 5.16 Å². The van der Waals surface area contributed by atoms with Gasteiger partial charge in [-0.2, -0.15) is 0 Å². The fourth-order valence-electron chi connectivity index (χ4n) is 3.23. The van der Waals surface area contributed by atoms with Crippen molar-refractivity contribution in [3.05, 3.63) is 5.82 Å². The van der Waals surface area contributed by atoms with E-state index < -0.39 is 5.97 Å². The van der Waals surface area contributed by atoms with Gasteiger partial charge in [-0.25, -0.2) is 0 Å². The molecule has 0 amide bonds. The molecule has 6 heteroatoms. The van der Waals surface area contributed by atoms with E-state index in [0.717, 1.165) is 29.7 Å². The Morgan fingerprint density at radius 1 is 1.24 bits per heavy atom. The Morgan fingerprint density at radius 3 is 2.62 bits per heavy atom. The second kappa shape index (κ2) is 5.99. The molecule has 3 atom stereocenters. The van der Waals surface area contributed by atoms with Crippen molar-refractivity contribution in [2.24, 2.45) is 11.8 Å². The topological polar surface area (TPSA) is 68.0 Å². The van der Waals surface area contributed by atoms with Crippen LogP contribution in [0.25, 0.3) is 0 Å². The van der Waals surface area contributed by atoms with Gasteiger partial charge in [-0.3, -0.25) is 4.79 Å². The third kappa shape index (κ3) is 3.25. The van der Waals surface area contributed by atoms with E-state index in [9.17, 15) is 4.79 Å². The van der Waals surface area contributed by atoms with E-state index in [-0.39, 0.29) is 5.75 Å². The van der Waals surface area contributed by atoms with Gasteiger partial charge in [-0.1, -0.05) is 25.6 Å². The molecule has 5 nitrogen and oxygen atoms in total. The van der Waals surface area contributed by atoms with Crippen LogP contribution in [-0.4, -0.2) is 31.6 Å². The average Bonchev–Trinajstić information content (AvgIpc) is 3.20. The molecule has 3 unspecified atom stereocenters. The van der Waals surface area contributed by atoms with Crippen LogP contribution in [-0.2, 0) is 4.79 Å². The largest absolute Gasteiger partial charge is 0.481 e. The predicted molar refractivity (Wildman–Crippen MR) is 81.6 cm³/mol. The number of rotatable bonds is 5. The van der Waals surface area contributed by atoms with E-state index in [2.05, 4.69) is 28.6 Å². The molecule has 2 aliphatic rings. The number of carboxylic acids is 1. The third-order valence-corrected chi connectivity index (χ3v) is 5.82. The Hall–Kier alpha value is -1.04. The zero-order valence-corrected chi connectivity index (χ0v) is 13.5. The number of carboxylic acid groups (broad SMARTS) is 1. The summed E-state index contributed by atoms with van der Waals surface area (Å²) in [5.74, 6) is 2.38. The minimum atomic E-state index is -0.798. The molecule has 0 bridgehead atoms. The molecule has 1 aromatic heterocycles. The molecule has 21 heavy (non-hydrogen) atoms. The lowest BCUT2D eigenvalue weighted by Crippen LogP contribution is -2.25. The highest BCUT2D eigenvalue weighted by Gasteiger charge is 2.35. The molecule has 2 aliphatic carbocycles. The summed E-state index contributed by atoms with van der Waals surface area (Å²) in [6.07, 6.45) is 5.93. The summed E-state index contributed by atoms with van der Waals surface area (Å²) in [6.45, 7) is 4.65. The highest BCUT2D eigenvalue weighted by molar-refractivity contribution is 7.99. The van der Waals surface area contributed by atoms with Crippen molar-refractivity contribution in [3.63, 3.8) is 0 Å². The van der Waals surface area contributed by atoms with Gasteiger partial charge in [-0.15, -0.1) is 10.2 Å². The number of hydrogen-bond acceptors (Lipinski definition) is 4. The molecule has 3 rings (SSSR count). The maximum absolute atomic E-state index is 10.8. The molecule has 0 saturated heterocycles. The van der Waals surface area contributed by atoms with Crippen LogP contribution in [0.15, 0.2) is 5.16 Å². The molecular weight excluding hydrogens is 286 g/mol. The second-order valence-corrected chi connectivity index (χ2v) is 7.53. The number of aliphatic carboxylic acids is 1. The molecule has 2 saturated carbocycles. The van der Waals surface area contributed by atoms with E-state index in [0.29, 0.717) is 17.9 Å². The maximum Gasteiger partial charge on any atom is 0.313 e. The van der Waals surface area contributed by atoms with Crippen molar-refractivity contribution >= 4 is 17.7 Å². The molecule has 0 aliphatic heterocycles. The fraction of sp³-hybridized carbons (Fsp3) is 0.800. The van der Waals surface area contributed by atoms with Crippen LogP contribution in [0, 0.1) is 11.8 Å². The van der Waals surface area contributed by atoms with Gasteiger partial charge in [-0.05, 0) is 43.9 Å². The molecular formula is C15H23N3O2S. The van der Waals surface area contributed by atoms with Gasteiger partial charge in [0.2, 0.25) is 0 Å². The van der Waals surface area contributed by atoms with Crippen LogP contribution in [0.1, 0.15) is 63.7 Å². The van der Waals surface area contributed by atoms with Crippen LogP contribution >= 0.6 is 11.8 Å². The minimum absolute atomic E-state index is 0.0570. The summed E-state index contributed by atoms with van der Waals surface area (Å²) in [6, 6.07) is 0.443. The van der Waals surface area contributed by atoms with Gasteiger partial charge < -0.3 is 9.67 Å². The summed E-state index contributed by atoms with van der Waals surface area (Å²) < 4.78 is 2.27. The molecule has 116 valence electrons. The first-order valence-corrected chi connectivity index (χ1v) is 8.84. The number of nitrogens with zero attached hydrogens (tertiary/aromatic N) is 3. The van der Waals surface area contributed by atoms with Gasteiger partial charge in [0.25, 0.3) is 0 Å². The normalized spacial score (nSPS) is 29.5. The summed E-state index contributed by atoms with van der Waals surface area (Å²) in [5, 5.41) is 18.4. The van der Waals surface area contributed by atoms with E-state index in [1.54, 1.807) is 0 Å². The second-order valence-electron chi connectivity index (χ2n) is 6.59. The van der Waals surface area contributed by atoms with E-state index >= 15 is 0 Å². The Labute approximate surface area is 129 Å². The van der Waals surface area contributed by atoms with E-state index in [1.807, 2.05) is 0 Å². The molecule has 0 spiro atoms. The quantitative estimate of drug-likeness (QED) is 0.845. The van der Waals surface area contributed by atoms with Crippen LogP contribution in [0.2, 0.25) is 0 Å². The van der Waals surface area contributed by atoms with Crippen LogP contribution in [0.5, 0.6) is 0 Å². The van der Waals surface area contributed by atoms with Crippen molar-refractivity contribution in [3.8, 4) is 0 Å². The molecule has 1 heterocycles. The summed E-state index contributed by atoms with van der Waals surface area (Å²) in [5.41, 5.74) is 0. The lowest BCUT2D eigenvalue weighted by atomic mass is 9.79. The fourth-order valence-corrected chi connectivity index (χ4v) is 3.96. The molecule has 0 radical (unpaired) electrons. The number of hydrogen-bond donors (Lipinski definition) is 1. The van der Waals surface area contributed by atoms with Gasteiger partial charge in [0.05, 0.1) is 5.75 Å². The molecule has 0 aromatic carbocycles. The minimum Gasteiger partial charge on any atom is -0.481 e. The number of aromatic nitrogens is 3. The first kappa shape index (κ1) is 14.9. The van der Waals surface area contributed by atoms with Crippen molar-refractivity contribution < 1.29 is 9.90 Å². The lowest BCUT2D eigenvalue weighted by Gasteiger charge is -2.33. The van der Waals surface area contributed by atoms with Crippen molar-refractivity contribution in [2.45, 2.75) is 63.1 Å². The summed E-state index contributed by atoms with van der Waals surface area (Å²) in [7, 11) is 0. The highest BCUT2D eigenvalue weighted by atomic mass is 32.2. The van der Waals surface area contributed by atoms with Crippen LogP contribution in [0.4, 0.5) is 0 Å². The van der Waals surface area contributed by atoms with Gasteiger partial charge in [0.1, 0.15) is 5.82 Å². The van der Waals surface area contributed by atoms with Gasteiger partial charge in [0, 0.05) is 12.0 Å². The Balaban J connectivity index is 1.83. The average molecular weight is 309 g/mol. The zero-order valence-electron chi connectivity index (χ0n) is 12.7. The van der Waals surface area contributed by atoms with Crippen molar-refractivity contribution in [1.82, 2.24) is 14.8 Å². The summed E-state index contributed by atoms with van der Waals surface area (Å²) >= 11 is 1.31. The Kier molecular flexibility index (Phi) is 4.24. The third-order valence-electron chi connectivity index (χ3n) is 4.89. The predicted octanol–water partition coefficient (Wildman–Crippen LogP) is 3.33. The van der Waals surface area contributed by atoms with Crippen LogP contribution in [0.3, 0.4) is 0 Å². The standard InChI is InChI=1S/C15H23N3O2S/c1-9-3-6-12(7-10(9)2)18-14(11-4-5-11)16-17-15(18)21-8-13(19)20/h9-12H,3-8H2,1-2H3,(H,19,20). The van der Waals surface area contributed by atoms with E-state index in [4.69, 9.17) is 5.11 Å². The highest BCUT2D eigenvalue weighted by Crippen LogP contribution is 2.44. The molecule has 1 N–H and O–H groups in total. The Morgan fingerprint density at radius 2 is 2.00 bits per heavy atom. The Bertz CT molecular complexity index is 527. The lowest BCUT2D eigenvalue weighted by molar-refractivity contribution is -0.133. The maximum atomic E-state index is 10.8. The first-order valence-electron chi connectivity index (χ1n) is 7.85.